The Hall–Kier alpha value is -1.84. The zero-order chi connectivity index (χ0) is 24.6. The van der Waals surface area contributed by atoms with Gasteiger partial charge in [-0.25, -0.2) is 13.2 Å². The number of benzene rings is 1. The maximum absolute atomic E-state index is 13.3. The number of amides is 2. The molecule has 33 heavy (non-hydrogen) atoms. The van der Waals surface area contributed by atoms with E-state index in [4.69, 9.17) is 11.6 Å². The van der Waals surface area contributed by atoms with Gasteiger partial charge in [-0.2, -0.15) is 4.31 Å². The van der Waals surface area contributed by atoms with Crippen molar-refractivity contribution in [3.63, 3.8) is 0 Å². The highest BCUT2D eigenvalue weighted by molar-refractivity contribution is 7.89. The first-order valence-electron chi connectivity index (χ1n) is 11.4. The van der Waals surface area contributed by atoms with Crippen molar-refractivity contribution in [3.05, 3.63) is 28.8 Å². The monoisotopic (exact) mass is 499 g/mol. The number of nitrogens with one attached hydrogen (secondary N) is 1. The molecule has 1 aromatic carbocycles. The highest BCUT2D eigenvalue weighted by atomic mass is 35.5. The van der Waals surface area contributed by atoms with Crippen LogP contribution in [0.25, 0.3) is 0 Å². The Morgan fingerprint density at radius 3 is 2.45 bits per heavy atom. The number of carbonyl (C=O) groups excluding carboxylic acids is 1. The SMILES string of the molecule is Cc1c(Cl)cccc1S(=O)(=O)N1CCC[C@H](NC(=O)[C@H]2CCCN(C(=O)O)C2C(C)(C)C)C1. The predicted octanol–water partition coefficient (Wildman–Crippen LogP) is 3.72. The van der Waals surface area contributed by atoms with Crippen LogP contribution >= 0.6 is 11.6 Å². The van der Waals surface area contributed by atoms with E-state index in [1.54, 1.807) is 25.1 Å². The van der Waals surface area contributed by atoms with Gasteiger partial charge in [0.15, 0.2) is 0 Å². The third kappa shape index (κ3) is 5.46. The van der Waals surface area contributed by atoms with Gasteiger partial charge in [0.1, 0.15) is 0 Å². The summed E-state index contributed by atoms with van der Waals surface area (Å²) in [5, 5.41) is 13.1. The van der Waals surface area contributed by atoms with Crippen molar-refractivity contribution in [1.82, 2.24) is 14.5 Å². The summed E-state index contributed by atoms with van der Waals surface area (Å²) in [6.07, 6.45) is 1.50. The average Bonchev–Trinajstić information content (AvgIpc) is 2.74. The second-order valence-electron chi connectivity index (χ2n) is 10.1. The van der Waals surface area contributed by atoms with Crippen molar-refractivity contribution in [2.24, 2.45) is 11.3 Å². The van der Waals surface area contributed by atoms with Crippen molar-refractivity contribution in [1.29, 1.82) is 0 Å². The number of carbonyl (C=O) groups is 2. The minimum absolute atomic E-state index is 0.176. The van der Waals surface area contributed by atoms with E-state index in [2.05, 4.69) is 5.32 Å². The molecule has 3 rings (SSSR count). The van der Waals surface area contributed by atoms with Crippen LogP contribution in [0.4, 0.5) is 4.79 Å². The van der Waals surface area contributed by atoms with Crippen LogP contribution in [0.15, 0.2) is 23.1 Å². The molecular weight excluding hydrogens is 466 g/mol. The second-order valence-corrected chi connectivity index (χ2v) is 12.4. The van der Waals surface area contributed by atoms with Crippen molar-refractivity contribution in [2.75, 3.05) is 19.6 Å². The molecule has 2 amide bonds. The molecule has 2 heterocycles. The number of hydrogen-bond donors (Lipinski definition) is 2. The quantitative estimate of drug-likeness (QED) is 0.656. The van der Waals surface area contributed by atoms with Gasteiger partial charge >= 0.3 is 6.09 Å². The lowest BCUT2D eigenvalue weighted by Crippen LogP contribution is -2.59. The molecule has 10 heteroatoms. The summed E-state index contributed by atoms with van der Waals surface area (Å²) in [5.41, 5.74) is 0.0988. The van der Waals surface area contributed by atoms with E-state index in [1.807, 2.05) is 20.8 Å². The molecule has 2 N–H and O–H groups in total. The molecule has 1 aromatic rings. The number of halogens is 1. The van der Waals surface area contributed by atoms with Crippen LogP contribution in [0.2, 0.25) is 5.02 Å². The first-order valence-corrected chi connectivity index (χ1v) is 13.2. The molecule has 0 spiro atoms. The van der Waals surface area contributed by atoms with Gasteiger partial charge in [-0.05, 0) is 55.7 Å². The smallest absolute Gasteiger partial charge is 0.407 e. The summed E-state index contributed by atoms with van der Waals surface area (Å²) in [5.74, 6) is -0.680. The fraction of sp³-hybridized carbons (Fsp3) is 0.652. The normalized spacial score (nSPS) is 25.0. The molecular formula is C23H34ClN3O5S. The predicted molar refractivity (Wildman–Crippen MR) is 127 cm³/mol. The van der Waals surface area contributed by atoms with Gasteiger partial charge in [-0.15, -0.1) is 0 Å². The van der Waals surface area contributed by atoms with Crippen molar-refractivity contribution < 1.29 is 23.1 Å². The molecule has 2 saturated heterocycles. The molecule has 0 radical (unpaired) electrons. The number of hydrogen-bond acceptors (Lipinski definition) is 4. The Balaban J connectivity index is 1.76. The van der Waals surface area contributed by atoms with E-state index < -0.39 is 33.5 Å². The van der Waals surface area contributed by atoms with Crippen molar-refractivity contribution >= 4 is 33.6 Å². The lowest BCUT2D eigenvalue weighted by atomic mass is 9.73. The van der Waals surface area contributed by atoms with Gasteiger partial charge in [0, 0.05) is 30.7 Å². The molecule has 0 bridgehead atoms. The van der Waals surface area contributed by atoms with Crippen molar-refractivity contribution in [2.45, 2.75) is 70.4 Å². The van der Waals surface area contributed by atoms with Gasteiger partial charge < -0.3 is 15.3 Å². The van der Waals surface area contributed by atoms with E-state index >= 15 is 0 Å². The summed E-state index contributed by atoms with van der Waals surface area (Å²) >= 11 is 6.14. The van der Waals surface area contributed by atoms with Crippen LogP contribution in [0.5, 0.6) is 0 Å². The molecule has 0 aromatic heterocycles. The standard InChI is InChI=1S/C23H34ClN3O5S/c1-15-18(24)10-5-11-19(15)33(31,32)26-12-6-8-16(14-26)25-21(28)17-9-7-13-27(22(29)30)20(17)23(2,3)4/h5,10-11,16-17,20H,6-9,12-14H2,1-4H3,(H,25,28)(H,29,30)/t16-,17-,20?/m0/s1. The molecule has 2 aliphatic heterocycles. The number of sulfonamides is 1. The first kappa shape index (κ1) is 25.8. The van der Waals surface area contributed by atoms with Crippen LogP contribution in [0.3, 0.4) is 0 Å². The molecule has 1 unspecified atom stereocenters. The number of likely N-dealkylation sites (tertiary alicyclic amines) is 1. The lowest BCUT2D eigenvalue weighted by Gasteiger charge is -2.46. The van der Waals surface area contributed by atoms with Crippen LogP contribution in [-0.2, 0) is 14.8 Å². The summed E-state index contributed by atoms with van der Waals surface area (Å²) in [6, 6.07) is 4.05. The summed E-state index contributed by atoms with van der Waals surface area (Å²) in [4.78, 5) is 26.7. The Labute approximate surface area is 201 Å². The third-order valence-corrected chi connectivity index (χ3v) is 9.09. The molecule has 0 saturated carbocycles. The second kappa shape index (κ2) is 9.80. The molecule has 2 fully saturated rings. The van der Waals surface area contributed by atoms with Gasteiger partial charge in [0.2, 0.25) is 15.9 Å². The number of carboxylic acid groups (broad SMARTS) is 1. The van der Waals surface area contributed by atoms with E-state index in [1.165, 1.54) is 9.21 Å². The minimum atomic E-state index is -3.75. The van der Waals surface area contributed by atoms with Gasteiger partial charge in [0.05, 0.1) is 16.9 Å². The molecule has 3 atom stereocenters. The Morgan fingerprint density at radius 2 is 1.82 bits per heavy atom. The molecule has 184 valence electrons. The van der Waals surface area contributed by atoms with Crippen molar-refractivity contribution in [3.8, 4) is 0 Å². The van der Waals surface area contributed by atoms with Gasteiger partial charge in [-0.3, -0.25) is 4.79 Å². The molecule has 8 nitrogen and oxygen atoms in total. The summed E-state index contributed by atoms with van der Waals surface area (Å²) in [7, 11) is -3.75. The fourth-order valence-electron chi connectivity index (χ4n) is 5.15. The zero-order valence-electron chi connectivity index (χ0n) is 19.7. The zero-order valence-corrected chi connectivity index (χ0v) is 21.2. The van der Waals surface area contributed by atoms with Gasteiger partial charge in [0.25, 0.3) is 0 Å². The number of piperidine rings is 2. The van der Waals surface area contributed by atoms with Crippen LogP contribution in [0.1, 0.15) is 52.0 Å². The summed E-state index contributed by atoms with van der Waals surface area (Å²) < 4.78 is 28.0. The average molecular weight is 500 g/mol. The van der Waals surface area contributed by atoms with E-state index in [0.717, 1.165) is 0 Å². The molecule has 2 aliphatic rings. The Kier molecular flexibility index (Phi) is 7.65. The highest BCUT2D eigenvalue weighted by Gasteiger charge is 2.45. The largest absolute Gasteiger partial charge is 0.465 e. The van der Waals surface area contributed by atoms with Crippen LogP contribution in [0, 0.1) is 18.3 Å². The van der Waals surface area contributed by atoms with E-state index in [-0.39, 0.29) is 23.4 Å². The van der Waals surface area contributed by atoms with E-state index in [0.29, 0.717) is 49.4 Å². The van der Waals surface area contributed by atoms with Crippen LogP contribution < -0.4 is 5.32 Å². The fourth-order valence-corrected chi connectivity index (χ4v) is 7.15. The van der Waals surface area contributed by atoms with Gasteiger partial charge in [-0.1, -0.05) is 38.4 Å². The Morgan fingerprint density at radius 1 is 1.15 bits per heavy atom. The van der Waals surface area contributed by atoms with E-state index in [9.17, 15) is 23.1 Å². The highest BCUT2D eigenvalue weighted by Crippen LogP contribution is 2.36. The number of nitrogens with zero attached hydrogens (tertiary/aromatic N) is 2. The van der Waals surface area contributed by atoms with Crippen LogP contribution in [-0.4, -0.2) is 66.4 Å². The third-order valence-electron chi connectivity index (χ3n) is 6.67. The maximum atomic E-state index is 13.3. The molecule has 0 aliphatic carbocycles. The topological polar surface area (TPSA) is 107 Å². The Bertz CT molecular complexity index is 1010. The lowest BCUT2D eigenvalue weighted by molar-refractivity contribution is -0.131. The maximum Gasteiger partial charge on any atom is 0.407 e. The number of rotatable bonds is 4. The minimum Gasteiger partial charge on any atom is -0.465 e. The summed E-state index contributed by atoms with van der Waals surface area (Å²) in [6.45, 7) is 8.49. The first-order chi connectivity index (χ1) is 15.3.